The van der Waals surface area contributed by atoms with E-state index >= 15 is 0 Å². The van der Waals surface area contributed by atoms with Crippen LogP contribution in [0.2, 0.25) is 0 Å². The van der Waals surface area contributed by atoms with Gasteiger partial charge >= 0.3 is 5.97 Å². The van der Waals surface area contributed by atoms with Crippen molar-refractivity contribution in [2.75, 3.05) is 14.2 Å². The van der Waals surface area contributed by atoms with E-state index in [0.717, 1.165) is 25.7 Å². The molecule has 2 aromatic rings. The Balaban J connectivity index is 1.50. The summed E-state index contributed by atoms with van der Waals surface area (Å²) >= 11 is 0. The molecule has 0 saturated heterocycles. The number of esters is 1. The van der Waals surface area contributed by atoms with E-state index in [-0.39, 0.29) is 18.1 Å². The number of hydrogen-bond acceptors (Lipinski definition) is 7. The molecule has 1 aliphatic carbocycles. The van der Waals surface area contributed by atoms with Gasteiger partial charge in [-0.1, -0.05) is 0 Å². The van der Waals surface area contributed by atoms with Gasteiger partial charge in [0.05, 0.1) is 19.8 Å². The quantitative estimate of drug-likeness (QED) is 0.762. The second-order valence-electron chi connectivity index (χ2n) is 6.50. The fourth-order valence-corrected chi connectivity index (χ4v) is 3.16. The molecule has 8 nitrogen and oxygen atoms in total. The predicted octanol–water partition coefficient (Wildman–Crippen LogP) is 2.39. The summed E-state index contributed by atoms with van der Waals surface area (Å²) in [6.45, 7) is 0. The van der Waals surface area contributed by atoms with Gasteiger partial charge in [-0.2, -0.15) is 0 Å². The molecule has 0 spiro atoms. The minimum absolute atomic E-state index is 0.0121. The molecule has 1 fully saturated rings. The Bertz CT molecular complexity index is 817. The van der Waals surface area contributed by atoms with E-state index < -0.39 is 5.97 Å². The molecular formula is C20H23N3O5. The van der Waals surface area contributed by atoms with Crippen molar-refractivity contribution in [2.45, 2.75) is 37.8 Å². The molecule has 0 bridgehead atoms. The van der Waals surface area contributed by atoms with Crippen LogP contribution in [0.25, 0.3) is 0 Å². The van der Waals surface area contributed by atoms with Crippen LogP contribution in [-0.4, -0.2) is 48.2 Å². The van der Waals surface area contributed by atoms with Crippen molar-refractivity contribution in [1.29, 1.82) is 0 Å². The zero-order valence-corrected chi connectivity index (χ0v) is 15.9. The van der Waals surface area contributed by atoms with Gasteiger partial charge in [-0.05, 0) is 49.9 Å². The van der Waals surface area contributed by atoms with Gasteiger partial charge in [0, 0.05) is 24.0 Å². The molecule has 0 aliphatic heterocycles. The van der Waals surface area contributed by atoms with Crippen LogP contribution in [0.5, 0.6) is 11.8 Å². The maximum absolute atomic E-state index is 12.4. The first-order valence-corrected chi connectivity index (χ1v) is 9.11. The Morgan fingerprint density at radius 1 is 0.929 bits per heavy atom. The van der Waals surface area contributed by atoms with Gasteiger partial charge in [-0.25, -0.2) is 14.8 Å². The van der Waals surface area contributed by atoms with Crippen molar-refractivity contribution in [1.82, 2.24) is 15.3 Å². The minimum Gasteiger partial charge on any atom is -0.477 e. The molecule has 1 saturated carbocycles. The zero-order valence-electron chi connectivity index (χ0n) is 15.9. The fourth-order valence-electron chi connectivity index (χ4n) is 3.16. The maximum atomic E-state index is 12.4. The summed E-state index contributed by atoms with van der Waals surface area (Å²) in [6, 6.07) is 6.49. The minimum atomic E-state index is -0.426. The second-order valence-corrected chi connectivity index (χ2v) is 6.50. The number of ether oxygens (including phenoxy) is 3. The summed E-state index contributed by atoms with van der Waals surface area (Å²) in [4.78, 5) is 32.1. The molecular weight excluding hydrogens is 362 g/mol. The van der Waals surface area contributed by atoms with Crippen LogP contribution >= 0.6 is 0 Å². The van der Waals surface area contributed by atoms with Crippen LogP contribution in [0.3, 0.4) is 0 Å². The highest BCUT2D eigenvalue weighted by molar-refractivity contribution is 5.96. The number of carbonyl (C=O) groups is 2. The van der Waals surface area contributed by atoms with E-state index in [4.69, 9.17) is 9.47 Å². The lowest BCUT2D eigenvalue weighted by molar-refractivity contribution is 0.0600. The van der Waals surface area contributed by atoms with Crippen LogP contribution in [0.1, 0.15) is 46.4 Å². The molecule has 1 aromatic heterocycles. The number of aromatic nitrogens is 2. The van der Waals surface area contributed by atoms with Crippen LogP contribution in [0.15, 0.2) is 36.7 Å². The molecule has 1 heterocycles. The Labute approximate surface area is 163 Å². The molecule has 8 heteroatoms. The summed E-state index contributed by atoms with van der Waals surface area (Å²) in [5.41, 5.74) is 0.923. The number of methoxy groups -OCH3 is 2. The molecule has 0 atom stereocenters. The first-order chi connectivity index (χ1) is 13.6. The molecule has 28 heavy (non-hydrogen) atoms. The number of carbonyl (C=O) groups excluding carboxylic acids is 2. The van der Waals surface area contributed by atoms with Crippen LogP contribution in [0, 0.1) is 0 Å². The average molecular weight is 385 g/mol. The highest BCUT2D eigenvalue weighted by Crippen LogP contribution is 2.27. The molecule has 1 N–H and O–H groups in total. The van der Waals surface area contributed by atoms with Crippen LogP contribution in [0.4, 0.5) is 0 Å². The van der Waals surface area contributed by atoms with Gasteiger partial charge < -0.3 is 19.5 Å². The maximum Gasteiger partial charge on any atom is 0.337 e. The SMILES string of the molecule is COC(=O)c1ccc(C(=O)NC2CCC(Oc3nccnc3OC)CC2)cc1. The van der Waals surface area contributed by atoms with Gasteiger partial charge in [0.25, 0.3) is 17.7 Å². The van der Waals surface area contributed by atoms with E-state index in [1.54, 1.807) is 36.7 Å². The molecule has 0 radical (unpaired) electrons. The molecule has 1 aliphatic rings. The number of hydrogen-bond donors (Lipinski definition) is 1. The van der Waals surface area contributed by atoms with Gasteiger partial charge in [0.15, 0.2) is 0 Å². The molecule has 1 amide bonds. The number of nitrogens with zero attached hydrogens (tertiary/aromatic N) is 2. The highest BCUT2D eigenvalue weighted by Gasteiger charge is 2.25. The third-order valence-electron chi connectivity index (χ3n) is 4.68. The van der Waals surface area contributed by atoms with Gasteiger partial charge in [0.2, 0.25) is 0 Å². The molecule has 0 unspecified atom stereocenters. The monoisotopic (exact) mass is 385 g/mol. The Morgan fingerprint density at radius 2 is 1.54 bits per heavy atom. The lowest BCUT2D eigenvalue weighted by Crippen LogP contribution is -2.39. The Hall–Kier alpha value is -3.16. The summed E-state index contributed by atoms with van der Waals surface area (Å²) in [7, 11) is 2.85. The van der Waals surface area contributed by atoms with Crippen molar-refractivity contribution in [3.8, 4) is 11.8 Å². The second kappa shape index (κ2) is 9.16. The zero-order chi connectivity index (χ0) is 19.9. The first kappa shape index (κ1) is 19.6. The molecule has 148 valence electrons. The molecule has 3 rings (SSSR count). The van der Waals surface area contributed by atoms with Gasteiger partial charge in [-0.3, -0.25) is 4.79 Å². The van der Waals surface area contributed by atoms with E-state index in [1.807, 2.05) is 0 Å². The number of rotatable bonds is 6. The van der Waals surface area contributed by atoms with Gasteiger partial charge in [0.1, 0.15) is 6.10 Å². The summed E-state index contributed by atoms with van der Waals surface area (Å²) in [5.74, 6) is 0.179. The molecule has 1 aromatic carbocycles. The third kappa shape index (κ3) is 4.76. The van der Waals surface area contributed by atoms with E-state index in [2.05, 4.69) is 20.0 Å². The summed E-state index contributed by atoms with van der Waals surface area (Å²) < 4.78 is 15.7. The fraction of sp³-hybridized carbons (Fsp3) is 0.400. The van der Waals surface area contributed by atoms with Crippen molar-refractivity contribution < 1.29 is 23.8 Å². The normalized spacial score (nSPS) is 18.8. The van der Waals surface area contributed by atoms with Crippen LogP contribution in [-0.2, 0) is 4.74 Å². The van der Waals surface area contributed by atoms with Crippen molar-refractivity contribution in [2.24, 2.45) is 0 Å². The summed E-state index contributed by atoms with van der Waals surface area (Å²) in [6.07, 6.45) is 6.33. The lowest BCUT2D eigenvalue weighted by Gasteiger charge is -2.29. The standard InChI is InChI=1S/C20H23N3O5/c1-26-18-19(22-12-11-21-18)28-16-9-7-15(8-10-16)23-17(24)13-3-5-14(6-4-13)20(25)27-2/h3-6,11-12,15-16H,7-10H2,1-2H3,(H,23,24). The summed E-state index contributed by atoms with van der Waals surface area (Å²) in [5, 5.41) is 3.04. The van der Waals surface area contributed by atoms with E-state index in [0.29, 0.717) is 22.9 Å². The third-order valence-corrected chi connectivity index (χ3v) is 4.68. The van der Waals surface area contributed by atoms with Crippen molar-refractivity contribution in [3.63, 3.8) is 0 Å². The number of nitrogens with one attached hydrogen (secondary N) is 1. The van der Waals surface area contributed by atoms with Crippen molar-refractivity contribution in [3.05, 3.63) is 47.8 Å². The topological polar surface area (TPSA) is 99.6 Å². The predicted molar refractivity (Wildman–Crippen MR) is 101 cm³/mol. The lowest BCUT2D eigenvalue weighted by atomic mass is 9.92. The largest absolute Gasteiger partial charge is 0.477 e. The number of amides is 1. The Kier molecular flexibility index (Phi) is 6.41. The van der Waals surface area contributed by atoms with Gasteiger partial charge in [-0.15, -0.1) is 0 Å². The van der Waals surface area contributed by atoms with Crippen LogP contribution < -0.4 is 14.8 Å². The highest BCUT2D eigenvalue weighted by atomic mass is 16.5. The smallest absolute Gasteiger partial charge is 0.337 e. The number of benzene rings is 1. The van der Waals surface area contributed by atoms with Crippen molar-refractivity contribution >= 4 is 11.9 Å². The Morgan fingerprint density at radius 3 is 2.14 bits per heavy atom. The average Bonchev–Trinajstić information content (AvgIpc) is 2.75. The van der Waals surface area contributed by atoms with E-state index in [1.165, 1.54) is 14.2 Å². The first-order valence-electron chi connectivity index (χ1n) is 9.11. The van der Waals surface area contributed by atoms with E-state index in [9.17, 15) is 9.59 Å².